The summed E-state index contributed by atoms with van der Waals surface area (Å²) < 4.78 is 7.62. The van der Waals surface area contributed by atoms with E-state index < -0.39 is 0 Å². The number of carbonyl (C=O) groups excluding carboxylic acids is 1. The van der Waals surface area contributed by atoms with Gasteiger partial charge in [0.2, 0.25) is 11.9 Å². The Kier molecular flexibility index (Phi) is 5.61. The third-order valence-electron chi connectivity index (χ3n) is 8.00. The zero-order chi connectivity index (χ0) is 22.4. The molecular formula is C25H33N5O2S. The molecule has 7 rings (SSSR count). The first-order valence-corrected chi connectivity index (χ1v) is 13.3. The van der Waals surface area contributed by atoms with E-state index in [1.54, 1.807) is 0 Å². The summed E-state index contributed by atoms with van der Waals surface area (Å²) in [5.41, 5.74) is 1.05. The van der Waals surface area contributed by atoms with Crippen LogP contribution in [0.3, 0.4) is 0 Å². The van der Waals surface area contributed by atoms with Crippen molar-refractivity contribution in [2.75, 3.05) is 31.2 Å². The highest BCUT2D eigenvalue weighted by Gasteiger charge is 2.51. The molecule has 1 aromatic heterocycles. The number of carbonyl (C=O) groups is 1. The Hall–Kier alpha value is -2.06. The Morgan fingerprint density at radius 2 is 1.70 bits per heavy atom. The summed E-state index contributed by atoms with van der Waals surface area (Å²) in [6, 6.07) is 10.2. The minimum Gasteiger partial charge on any atom is -0.378 e. The molecule has 1 amide bonds. The number of nitrogens with zero attached hydrogens (tertiary/aromatic N) is 4. The van der Waals surface area contributed by atoms with Gasteiger partial charge in [-0.1, -0.05) is 30.0 Å². The lowest BCUT2D eigenvalue weighted by atomic mass is 9.53. The van der Waals surface area contributed by atoms with Gasteiger partial charge in [0.1, 0.15) is 0 Å². The lowest BCUT2D eigenvalue weighted by Crippen LogP contribution is -2.60. The summed E-state index contributed by atoms with van der Waals surface area (Å²) in [5, 5.41) is 13.1. The molecule has 4 bridgehead atoms. The highest BCUT2D eigenvalue weighted by atomic mass is 32.2. The van der Waals surface area contributed by atoms with Crippen molar-refractivity contribution in [3.63, 3.8) is 0 Å². The number of ether oxygens (including phenoxy) is 1. The van der Waals surface area contributed by atoms with Gasteiger partial charge >= 0.3 is 0 Å². The highest BCUT2D eigenvalue weighted by Crippen LogP contribution is 2.55. The largest absolute Gasteiger partial charge is 0.378 e. The number of benzene rings is 1. The van der Waals surface area contributed by atoms with Gasteiger partial charge in [0.05, 0.1) is 24.2 Å². The molecule has 2 aromatic rings. The molecule has 4 saturated carbocycles. The van der Waals surface area contributed by atoms with Crippen LogP contribution in [-0.2, 0) is 9.53 Å². The van der Waals surface area contributed by atoms with E-state index in [2.05, 4.69) is 37.1 Å². The summed E-state index contributed by atoms with van der Waals surface area (Å²) in [5.74, 6) is 3.41. The minimum atomic E-state index is -0.234. The summed E-state index contributed by atoms with van der Waals surface area (Å²) >= 11 is 1.51. The summed E-state index contributed by atoms with van der Waals surface area (Å²) in [7, 11) is 0. The molecule has 7 nitrogen and oxygen atoms in total. The first-order valence-electron chi connectivity index (χ1n) is 12.4. The standard InChI is InChI=1S/C25H33N5O2S/c1-17(22(31)26-25-14-18-11-19(15-25)13-20(12-18)16-25)33-24-28-27-23(29-7-9-32-10-8-29)30(24)21-5-3-2-4-6-21/h2-6,17-20H,7-16H2,1H3,(H,26,31). The topological polar surface area (TPSA) is 72.3 Å². The molecule has 5 aliphatic rings. The van der Waals surface area contributed by atoms with Crippen LogP contribution in [-0.4, -0.2) is 57.8 Å². The Morgan fingerprint density at radius 1 is 1.06 bits per heavy atom. The van der Waals surface area contributed by atoms with E-state index in [-0.39, 0.29) is 16.7 Å². The predicted molar refractivity (Wildman–Crippen MR) is 129 cm³/mol. The predicted octanol–water partition coefficient (Wildman–Crippen LogP) is 3.67. The van der Waals surface area contributed by atoms with E-state index in [4.69, 9.17) is 4.74 Å². The molecule has 2 heterocycles. The maximum atomic E-state index is 13.4. The monoisotopic (exact) mass is 467 g/mol. The van der Waals surface area contributed by atoms with Gasteiger partial charge in [-0.05, 0) is 75.3 Å². The van der Waals surface area contributed by atoms with Crippen molar-refractivity contribution in [1.82, 2.24) is 20.1 Å². The molecule has 1 aliphatic heterocycles. The van der Waals surface area contributed by atoms with Gasteiger partial charge in [0.25, 0.3) is 0 Å². The van der Waals surface area contributed by atoms with Crippen LogP contribution in [0.25, 0.3) is 5.69 Å². The first kappa shape index (κ1) is 21.5. The fourth-order valence-corrected chi connectivity index (χ4v) is 7.81. The van der Waals surface area contributed by atoms with Crippen LogP contribution >= 0.6 is 11.8 Å². The van der Waals surface area contributed by atoms with Crippen LogP contribution in [0.2, 0.25) is 0 Å². The number of aromatic nitrogens is 3. The molecule has 176 valence electrons. The van der Waals surface area contributed by atoms with Crippen molar-refractivity contribution in [2.45, 2.75) is 61.4 Å². The minimum absolute atomic E-state index is 0.0344. The SMILES string of the molecule is CC(Sc1nnc(N2CCOCC2)n1-c1ccccc1)C(=O)NC12CC3CC(CC(C3)C1)C2. The second-order valence-electron chi connectivity index (χ2n) is 10.5. The average Bonchev–Trinajstić information content (AvgIpc) is 3.22. The zero-order valence-electron chi connectivity index (χ0n) is 19.3. The molecule has 8 heteroatoms. The fourth-order valence-electron chi connectivity index (χ4n) is 6.95. The number of hydrogen-bond donors (Lipinski definition) is 1. The number of morpholine rings is 1. The average molecular weight is 468 g/mol. The summed E-state index contributed by atoms with van der Waals surface area (Å²) in [4.78, 5) is 15.6. The van der Waals surface area contributed by atoms with Crippen LogP contribution in [0, 0.1) is 17.8 Å². The molecular weight excluding hydrogens is 434 g/mol. The van der Waals surface area contributed by atoms with Crippen molar-refractivity contribution in [3.8, 4) is 5.69 Å². The van der Waals surface area contributed by atoms with Crippen LogP contribution in [0.4, 0.5) is 5.95 Å². The van der Waals surface area contributed by atoms with Crippen LogP contribution in [0.15, 0.2) is 35.5 Å². The molecule has 1 N–H and O–H groups in total. The van der Waals surface area contributed by atoms with Gasteiger partial charge in [-0.3, -0.25) is 9.36 Å². The van der Waals surface area contributed by atoms with E-state index in [0.717, 1.165) is 47.6 Å². The third-order valence-corrected chi connectivity index (χ3v) is 9.05. The molecule has 1 unspecified atom stereocenters. The number of amides is 1. The number of thioether (sulfide) groups is 1. The molecule has 4 aliphatic carbocycles. The number of rotatable bonds is 6. The van der Waals surface area contributed by atoms with Crippen LogP contribution in [0.5, 0.6) is 0 Å². The third kappa shape index (κ3) is 4.16. The van der Waals surface area contributed by atoms with Gasteiger partial charge < -0.3 is 15.0 Å². The van der Waals surface area contributed by atoms with Crippen molar-refractivity contribution in [1.29, 1.82) is 0 Å². The Balaban J connectivity index is 1.21. The van der Waals surface area contributed by atoms with Crippen molar-refractivity contribution < 1.29 is 9.53 Å². The van der Waals surface area contributed by atoms with E-state index in [1.807, 2.05) is 25.1 Å². The number of nitrogens with one attached hydrogen (secondary N) is 1. The number of hydrogen-bond acceptors (Lipinski definition) is 6. The molecule has 0 spiro atoms. The first-order chi connectivity index (χ1) is 16.1. The van der Waals surface area contributed by atoms with Crippen LogP contribution in [0.1, 0.15) is 45.4 Å². The Morgan fingerprint density at radius 3 is 2.33 bits per heavy atom. The van der Waals surface area contributed by atoms with Gasteiger partial charge in [-0.2, -0.15) is 0 Å². The second kappa shape index (κ2) is 8.62. The Labute approximate surface area is 199 Å². The van der Waals surface area contributed by atoms with Crippen molar-refractivity contribution in [3.05, 3.63) is 30.3 Å². The molecule has 1 saturated heterocycles. The van der Waals surface area contributed by atoms with Gasteiger partial charge in [-0.15, -0.1) is 10.2 Å². The Bertz CT molecular complexity index is 968. The lowest BCUT2D eigenvalue weighted by Gasteiger charge is -2.57. The van der Waals surface area contributed by atoms with Gasteiger partial charge in [-0.25, -0.2) is 0 Å². The molecule has 5 fully saturated rings. The molecule has 0 radical (unpaired) electrons. The van der Waals surface area contributed by atoms with Crippen molar-refractivity contribution >= 4 is 23.6 Å². The maximum Gasteiger partial charge on any atom is 0.233 e. The van der Waals surface area contributed by atoms with Gasteiger partial charge in [0, 0.05) is 18.6 Å². The smallest absolute Gasteiger partial charge is 0.233 e. The molecule has 1 atom stereocenters. The maximum absolute atomic E-state index is 13.4. The van der Waals surface area contributed by atoms with Crippen molar-refractivity contribution in [2.24, 2.45) is 17.8 Å². The number of anilines is 1. The molecule has 1 aromatic carbocycles. The fraction of sp³-hybridized carbons (Fsp3) is 0.640. The number of para-hydroxylation sites is 1. The normalized spacial score (nSPS) is 31.5. The zero-order valence-corrected chi connectivity index (χ0v) is 20.1. The van der Waals surface area contributed by atoms with E-state index in [1.165, 1.54) is 50.3 Å². The van der Waals surface area contributed by atoms with Gasteiger partial charge in [0.15, 0.2) is 5.16 Å². The summed E-state index contributed by atoms with van der Waals surface area (Å²) in [6.45, 7) is 4.95. The quantitative estimate of drug-likeness (QED) is 0.654. The highest BCUT2D eigenvalue weighted by molar-refractivity contribution is 8.00. The van der Waals surface area contributed by atoms with Crippen LogP contribution < -0.4 is 10.2 Å². The van der Waals surface area contributed by atoms with E-state index >= 15 is 0 Å². The molecule has 33 heavy (non-hydrogen) atoms. The van der Waals surface area contributed by atoms with E-state index in [9.17, 15) is 4.79 Å². The lowest BCUT2D eigenvalue weighted by molar-refractivity contribution is -0.126. The second-order valence-corrected chi connectivity index (χ2v) is 11.8. The summed E-state index contributed by atoms with van der Waals surface area (Å²) in [6.07, 6.45) is 7.65. The van der Waals surface area contributed by atoms with E-state index in [0.29, 0.717) is 13.2 Å².